The second-order valence-corrected chi connectivity index (χ2v) is 6.97. The summed E-state index contributed by atoms with van der Waals surface area (Å²) in [5.74, 6) is 1.80. The van der Waals surface area contributed by atoms with E-state index in [0.29, 0.717) is 22.8 Å². The molecule has 0 amide bonds. The summed E-state index contributed by atoms with van der Waals surface area (Å²) in [6.07, 6.45) is 1.67. The first-order chi connectivity index (χ1) is 11.8. The molecule has 0 atom stereocenters. The topological polar surface area (TPSA) is 65.0 Å². The van der Waals surface area contributed by atoms with Crippen LogP contribution >= 0.6 is 23.1 Å². The summed E-state index contributed by atoms with van der Waals surface area (Å²) in [4.78, 5) is 5.50. The van der Waals surface area contributed by atoms with Crippen molar-refractivity contribution in [2.45, 2.75) is 17.9 Å². The van der Waals surface area contributed by atoms with Crippen molar-refractivity contribution in [1.82, 2.24) is 15.2 Å². The SMILES string of the molecule is Cc1ccccc1-c1nnc(SCc2coc(-c3cccs3)n2)o1. The summed E-state index contributed by atoms with van der Waals surface area (Å²) in [6.45, 7) is 2.02. The van der Waals surface area contributed by atoms with Gasteiger partial charge in [0.15, 0.2) is 0 Å². The smallest absolute Gasteiger partial charge is 0.277 e. The molecule has 4 aromatic rings. The van der Waals surface area contributed by atoms with Crippen molar-refractivity contribution in [1.29, 1.82) is 0 Å². The summed E-state index contributed by atoms with van der Waals surface area (Å²) in [5.41, 5.74) is 2.91. The van der Waals surface area contributed by atoms with E-state index in [0.717, 1.165) is 21.7 Å². The first-order valence-corrected chi connectivity index (χ1v) is 9.17. The molecule has 3 aromatic heterocycles. The molecule has 120 valence electrons. The predicted molar refractivity (Wildman–Crippen MR) is 93.8 cm³/mol. The zero-order valence-electron chi connectivity index (χ0n) is 12.8. The zero-order valence-corrected chi connectivity index (χ0v) is 14.4. The molecule has 5 nitrogen and oxygen atoms in total. The number of aryl methyl sites for hydroxylation is 1. The summed E-state index contributed by atoms with van der Waals surface area (Å²) in [6, 6.07) is 11.9. The highest BCUT2D eigenvalue weighted by atomic mass is 32.2. The van der Waals surface area contributed by atoms with Gasteiger partial charge in [0.2, 0.25) is 11.8 Å². The van der Waals surface area contributed by atoms with Crippen LogP contribution in [0.15, 0.2) is 62.1 Å². The van der Waals surface area contributed by atoms with Gasteiger partial charge in [-0.3, -0.25) is 0 Å². The molecule has 0 aliphatic carbocycles. The minimum atomic E-state index is 0.522. The Bertz CT molecular complexity index is 944. The second kappa shape index (κ2) is 6.62. The van der Waals surface area contributed by atoms with Crippen LogP contribution in [-0.4, -0.2) is 15.2 Å². The van der Waals surface area contributed by atoms with E-state index in [1.165, 1.54) is 11.8 Å². The number of benzene rings is 1. The minimum absolute atomic E-state index is 0.522. The Morgan fingerprint density at radius 3 is 2.83 bits per heavy atom. The first-order valence-electron chi connectivity index (χ1n) is 7.30. The number of thiophene rings is 1. The van der Waals surface area contributed by atoms with Gasteiger partial charge in [-0.2, -0.15) is 0 Å². The lowest BCUT2D eigenvalue weighted by molar-refractivity contribution is 0.465. The molecule has 0 saturated carbocycles. The lowest BCUT2D eigenvalue weighted by Gasteiger charge is -1.98. The highest BCUT2D eigenvalue weighted by molar-refractivity contribution is 7.98. The van der Waals surface area contributed by atoms with Gasteiger partial charge in [0, 0.05) is 11.3 Å². The van der Waals surface area contributed by atoms with Crippen molar-refractivity contribution >= 4 is 23.1 Å². The molecule has 0 radical (unpaired) electrons. The molecule has 0 unspecified atom stereocenters. The van der Waals surface area contributed by atoms with Gasteiger partial charge in [-0.15, -0.1) is 21.5 Å². The third-order valence-electron chi connectivity index (χ3n) is 3.41. The fraction of sp³-hybridized carbons (Fsp3) is 0.118. The second-order valence-electron chi connectivity index (χ2n) is 5.10. The molecule has 1 aromatic carbocycles. The van der Waals surface area contributed by atoms with E-state index in [-0.39, 0.29) is 0 Å². The number of oxazole rings is 1. The number of nitrogens with zero attached hydrogens (tertiary/aromatic N) is 3. The van der Waals surface area contributed by atoms with Crippen LogP contribution in [0.2, 0.25) is 0 Å². The molecular formula is C17H13N3O2S2. The first kappa shape index (κ1) is 15.2. The average Bonchev–Trinajstić information content (AvgIpc) is 3.34. The van der Waals surface area contributed by atoms with Gasteiger partial charge in [-0.05, 0) is 30.0 Å². The van der Waals surface area contributed by atoms with E-state index in [9.17, 15) is 0 Å². The highest BCUT2D eigenvalue weighted by Gasteiger charge is 2.13. The number of thioether (sulfide) groups is 1. The van der Waals surface area contributed by atoms with Crippen LogP contribution in [0.5, 0.6) is 0 Å². The van der Waals surface area contributed by atoms with E-state index in [2.05, 4.69) is 15.2 Å². The van der Waals surface area contributed by atoms with Crippen molar-refractivity contribution in [2.24, 2.45) is 0 Å². The lowest BCUT2D eigenvalue weighted by Crippen LogP contribution is -1.81. The summed E-state index contributed by atoms with van der Waals surface area (Å²) in [5, 5.41) is 10.7. The average molecular weight is 355 g/mol. The third kappa shape index (κ3) is 3.13. The van der Waals surface area contributed by atoms with Crippen molar-refractivity contribution in [3.8, 4) is 22.2 Å². The Labute approximate surface area is 146 Å². The van der Waals surface area contributed by atoms with Crippen LogP contribution in [0, 0.1) is 6.92 Å². The van der Waals surface area contributed by atoms with Crippen LogP contribution in [0.4, 0.5) is 0 Å². The van der Waals surface area contributed by atoms with E-state index in [1.54, 1.807) is 17.6 Å². The van der Waals surface area contributed by atoms with Crippen LogP contribution in [0.3, 0.4) is 0 Å². The Kier molecular flexibility index (Phi) is 4.18. The molecule has 0 spiro atoms. The van der Waals surface area contributed by atoms with Gasteiger partial charge in [0.1, 0.15) is 6.26 Å². The zero-order chi connectivity index (χ0) is 16.4. The molecule has 24 heavy (non-hydrogen) atoms. The summed E-state index contributed by atoms with van der Waals surface area (Å²) < 4.78 is 11.2. The lowest BCUT2D eigenvalue weighted by atomic mass is 10.1. The fourth-order valence-corrected chi connectivity index (χ4v) is 3.51. The number of aromatic nitrogens is 3. The molecule has 0 aliphatic rings. The maximum atomic E-state index is 5.74. The Morgan fingerprint density at radius 2 is 2.00 bits per heavy atom. The van der Waals surface area contributed by atoms with Gasteiger partial charge in [0.05, 0.1) is 10.6 Å². The van der Waals surface area contributed by atoms with Gasteiger partial charge < -0.3 is 8.83 Å². The number of hydrogen-bond acceptors (Lipinski definition) is 7. The van der Waals surface area contributed by atoms with Gasteiger partial charge in [-0.1, -0.05) is 36.0 Å². The van der Waals surface area contributed by atoms with E-state index in [4.69, 9.17) is 8.83 Å². The maximum absolute atomic E-state index is 5.74. The predicted octanol–water partition coefficient (Wildman–Crippen LogP) is 5.05. The molecule has 0 N–H and O–H groups in total. The summed E-state index contributed by atoms with van der Waals surface area (Å²) >= 11 is 3.05. The minimum Gasteiger partial charge on any atom is -0.444 e. The van der Waals surface area contributed by atoms with Gasteiger partial charge in [-0.25, -0.2) is 4.98 Å². The number of rotatable bonds is 5. The van der Waals surface area contributed by atoms with Crippen LogP contribution in [-0.2, 0) is 5.75 Å². The van der Waals surface area contributed by atoms with E-state index < -0.39 is 0 Å². The molecule has 3 heterocycles. The maximum Gasteiger partial charge on any atom is 0.277 e. The third-order valence-corrected chi connectivity index (χ3v) is 5.12. The molecular weight excluding hydrogens is 342 g/mol. The molecule has 4 rings (SSSR count). The normalized spacial score (nSPS) is 11.0. The molecule has 0 saturated heterocycles. The van der Waals surface area contributed by atoms with Gasteiger partial charge in [0.25, 0.3) is 5.22 Å². The molecule has 0 bridgehead atoms. The molecule has 7 heteroatoms. The van der Waals surface area contributed by atoms with Crippen LogP contribution < -0.4 is 0 Å². The monoisotopic (exact) mass is 355 g/mol. The quantitative estimate of drug-likeness (QED) is 0.467. The van der Waals surface area contributed by atoms with Crippen molar-refractivity contribution in [2.75, 3.05) is 0 Å². The highest BCUT2D eigenvalue weighted by Crippen LogP contribution is 2.29. The van der Waals surface area contributed by atoms with Gasteiger partial charge >= 0.3 is 0 Å². The van der Waals surface area contributed by atoms with Crippen molar-refractivity contribution < 1.29 is 8.83 Å². The number of hydrogen-bond donors (Lipinski definition) is 0. The van der Waals surface area contributed by atoms with Crippen molar-refractivity contribution in [3.05, 3.63) is 59.3 Å². The fourth-order valence-electron chi connectivity index (χ4n) is 2.21. The Morgan fingerprint density at radius 1 is 1.08 bits per heavy atom. The summed E-state index contributed by atoms with van der Waals surface area (Å²) in [7, 11) is 0. The van der Waals surface area contributed by atoms with E-state index >= 15 is 0 Å². The largest absolute Gasteiger partial charge is 0.444 e. The standard InChI is InChI=1S/C17H13N3O2S2/c1-11-5-2-3-6-13(11)15-19-20-17(22-15)24-10-12-9-21-16(18-12)14-7-4-8-23-14/h2-9H,10H2,1H3. The van der Waals surface area contributed by atoms with E-state index in [1.807, 2.05) is 48.7 Å². The Hall–Kier alpha value is -2.38. The van der Waals surface area contributed by atoms with Crippen LogP contribution in [0.1, 0.15) is 11.3 Å². The van der Waals surface area contributed by atoms with Crippen molar-refractivity contribution in [3.63, 3.8) is 0 Å². The Balaban J connectivity index is 1.45. The van der Waals surface area contributed by atoms with Crippen LogP contribution in [0.25, 0.3) is 22.2 Å². The molecule has 0 aliphatic heterocycles. The molecule has 0 fully saturated rings.